The number of fused-ring (bicyclic) bond motifs is 4. The predicted molar refractivity (Wildman–Crippen MR) is 108 cm³/mol. The minimum Gasteiger partial charge on any atom is -0.369 e. The van der Waals surface area contributed by atoms with Crippen molar-refractivity contribution in [3.63, 3.8) is 0 Å². The van der Waals surface area contributed by atoms with Gasteiger partial charge in [-0.15, -0.1) is 0 Å². The van der Waals surface area contributed by atoms with Crippen molar-refractivity contribution in [2.24, 2.45) is 5.92 Å². The second-order valence-electron chi connectivity index (χ2n) is 7.94. The van der Waals surface area contributed by atoms with Crippen LogP contribution in [0.4, 0.5) is 13.2 Å². The van der Waals surface area contributed by atoms with Crippen LogP contribution in [0, 0.1) is 5.92 Å². The summed E-state index contributed by atoms with van der Waals surface area (Å²) in [4.78, 5) is 19.3. The highest BCUT2D eigenvalue weighted by Crippen LogP contribution is 2.34. The number of rotatable bonds is 3. The molecule has 0 N–H and O–H groups in total. The highest BCUT2D eigenvalue weighted by atomic mass is 19.4. The quantitative estimate of drug-likeness (QED) is 0.585. The van der Waals surface area contributed by atoms with Gasteiger partial charge >= 0.3 is 6.18 Å². The van der Waals surface area contributed by atoms with Gasteiger partial charge in [0.15, 0.2) is 5.78 Å². The molecular weight excluding hydrogens is 391 g/mol. The monoisotopic (exact) mass is 411 g/mol. The second kappa shape index (κ2) is 7.00. The Bertz CT molecular complexity index is 1150. The highest BCUT2D eigenvalue weighted by molar-refractivity contribution is 6.03. The number of carbonyl (C=O) groups excluding carboxylic acids is 1. The number of pyridine rings is 1. The minimum absolute atomic E-state index is 0.109. The Morgan fingerprint density at radius 2 is 1.93 bits per heavy atom. The lowest BCUT2D eigenvalue weighted by Gasteiger charge is -2.41. The van der Waals surface area contributed by atoms with Gasteiger partial charge < -0.3 is 9.47 Å². The van der Waals surface area contributed by atoms with Crippen LogP contribution >= 0.6 is 0 Å². The summed E-state index contributed by atoms with van der Waals surface area (Å²) in [5, 5.41) is 0.882. The molecule has 5 heterocycles. The van der Waals surface area contributed by atoms with Gasteiger partial charge in [0, 0.05) is 48.9 Å². The number of hydrogen-bond acceptors (Lipinski definition) is 3. The third-order valence-corrected chi connectivity index (χ3v) is 6.02. The number of halogens is 3. The number of carbonyl (C=O) groups is 1. The SMILES string of the molecule is O=C1/C(=C/c2cn(Cc3cccc(C(F)(F)F)c3)c3ncccc23)N2CCC1CC2. The number of alkyl halides is 3. The van der Waals surface area contributed by atoms with Gasteiger partial charge in [0.25, 0.3) is 0 Å². The number of allylic oxidation sites excluding steroid dienone is 1. The standard InChI is InChI=1S/C23H20F3N3O/c24-23(25,26)18-4-1-3-15(11-18)13-29-14-17(19-5-2-8-27-22(19)29)12-20-21(30)16-6-9-28(20)10-7-16/h1-5,8,11-12,14,16H,6-7,9-10,13H2/b20-12-. The summed E-state index contributed by atoms with van der Waals surface area (Å²) >= 11 is 0. The fraction of sp³-hybridized carbons (Fsp3) is 0.304. The highest BCUT2D eigenvalue weighted by Gasteiger charge is 2.36. The molecule has 0 atom stereocenters. The Labute approximate surface area is 171 Å². The number of nitrogens with zero attached hydrogens (tertiary/aromatic N) is 3. The Balaban J connectivity index is 1.54. The van der Waals surface area contributed by atoms with Crippen molar-refractivity contribution in [3.8, 4) is 0 Å². The van der Waals surface area contributed by atoms with Crippen LogP contribution in [0.5, 0.6) is 0 Å². The Morgan fingerprint density at radius 3 is 2.67 bits per heavy atom. The first kappa shape index (κ1) is 18.9. The third-order valence-electron chi connectivity index (χ3n) is 6.02. The number of benzene rings is 1. The summed E-state index contributed by atoms with van der Waals surface area (Å²) in [5.41, 5.74) is 2.16. The van der Waals surface area contributed by atoms with Gasteiger partial charge in [-0.3, -0.25) is 4.79 Å². The van der Waals surface area contributed by atoms with E-state index in [1.54, 1.807) is 12.3 Å². The van der Waals surface area contributed by atoms with Crippen LogP contribution in [-0.4, -0.2) is 33.3 Å². The van der Waals surface area contributed by atoms with E-state index in [9.17, 15) is 18.0 Å². The predicted octanol–water partition coefficient (Wildman–Crippen LogP) is 4.74. The number of aromatic nitrogens is 2. The lowest BCUT2D eigenvalue weighted by Crippen LogP contribution is -2.45. The molecular formula is C23H20F3N3O. The Kier molecular flexibility index (Phi) is 4.41. The first-order chi connectivity index (χ1) is 14.4. The molecule has 3 fully saturated rings. The average Bonchev–Trinajstić information content (AvgIpc) is 3.08. The number of hydrogen-bond donors (Lipinski definition) is 0. The van der Waals surface area contributed by atoms with Crippen LogP contribution in [0.1, 0.15) is 29.5 Å². The molecule has 6 rings (SSSR count). The van der Waals surface area contributed by atoms with E-state index >= 15 is 0 Å². The molecule has 7 heteroatoms. The van der Waals surface area contributed by atoms with Gasteiger partial charge in [0.05, 0.1) is 11.3 Å². The topological polar surface area (TPSA) is 38.1 Å². The van der Waals surface area contributed by atoms with E-state index in [0.717, 1.165) is 48.6 Å². The maximum absolute atomic E-state index is 13.1. The lowest BCUT2D eigenvalue weighted by molar-refractivity contribution is -0.137. The van der Waals surface area contributed by atoms with Crippen LogP contribution in [0.2, 0.25) is 0 Å². The van der Waals surface area contributed by atoms with Crippen LogP contribution in [0.25, 0.3) is 17.1 Å². The van der Waals surface area contributed by atoms with Gasteiger partial charge in [-0.25, -0.2) is 4.98 Å². The molecule has 2 aromatic heterocycles. The van der Waals surface area contributed by atoms with Gasteiger partial charge in [-0.05, 0) is 48.7 Å². The molecule has 3 aliphatic heterocycles. The molecule has 3 aliphatic rings. The molecule has 4 nitrogen and oxygen atoms in total. The molecule has 0 aliphatic carbocycles. The third kappa shape index (κ3) is 3.28. The molecule has 30 heavy (non-hydrogen) atoms. The summed E-state index contributed by atoms with van der Waals surface area (Å²) < 4.78 is 41.1. The number of ketones is 1. The maximum Gasteiger partial charge on any atom is 0.416 e. The van der Waals surface area contributed by atoms with Crippen LogP contribution in [-0.2, 0) is 17.5 Å². The molecule has 3 aromatic rings. The molecule has 0 saturated carbocycles. The van der Waals surface area contributed by atoms with Crippen molar-refractivity contribution < 1.29 is 18.0 Å². The van der Waals surface area contributed by atoms with Crippen molar-refractivity contribution >= 4 is 22.9 Å². The number of Topliss-reactive ketones (excluding diaryl/α,β-unsaturated/α-hetero) is 1. The molecule has 154 valence electrons. The summed E-state index contributed by atoms with van der Waals surface area (Å²) in [7, 11) is 0. The van der Waals surface area contributed by atoms with Crippen molar-refractivity contribution in [2.75, 3.05) is 13.1 Å². The normalized spacial score (nSPS) is 18.7. The Morgan fingerprint density at radius 1 is 1.13 bits per heavy atom. The van der Waals surface area contributed by atoms with E-state index in [1.165, 1.54) is 12.1 Å². The van der Waals surface area contributed by atoms with Crippen LogP contribution in [0.15, 0.2) is 54.5 Å². The smallest absolute Gasteiger partial charge is 0.369 e. The summed E-state index contributed by atoms with van der Waals surface area (Å²) in [5.74, 6) is 0.299. The zero-order valence-corrected chi connectivity index (χ0v) is 16.2. The number of piperidine rings is 3. The van der Waals surface area contributed by atoms with Crippen molar-refractivity contribution in [3.05, 3.63) is 71.2 Å². The molecule has 3 saturated heterocycles. The zero-order chi connectivity index (χ0) is 20.9. The van der Waals surface area contributed by atoms with E-state index in [1.807, 2.05) is 29.0 Å². The van der Waals surface area contributed by atoms with Gasteiger partial charge in [-0.2, -0.15) is 13.2 Å². The van der Waals surface area contributed by atoms with Crippen LogP contribution in [0.3, 0.4) is 0 Å². The van der Waals surface area contributed by atoms with Crippen molar-refractivity contribution in [2.45, 2.75) is 25.6 Å². The average molecular weight is 411 g/mol. The van der Waals surface area contributed by atoms with E-state index in [0.29, 0.717) is 11.2 Å². The van der Waals surface area contributed by atoms with E-state index in [4.69, 9.17) is 0 Å². The zero-order valence-electron chi connectivity index (χ0n) is 16.2. The first-order valence-electron chi connectivity index (χ1n) is 10.0. The van der Waals surface area contributed by atoms with Gasteiger partial charge in [0.2, 0.25) is 0 Å². The summed E-state index contributed by atoms with van der Waals surface area (Å²) in [6.07, 6.45) is 2.91. The molecule has 1 aromatic carbocycles. The van der Waals surface area contributed by atoms with Gasteiger partial charge in [0.1, 0.15) is 5.65 Å². The molecule has 0 amide bonds. The first-order valence-corrected chi connectivity index (χ1v) is 10.0. The fourth-order valence-corrected chi connectivity index (χ4v) is 4.49. The maximum atomic E-state index is 13.1. The minimum atomic E-state index is -4.38. The van der Waals surface area contributed by atoms with Crippen LogP contribution < -0.4 is 0 Å². The molecule has 0 unspecified atom stereocenters. The van der Waals surface area contributed by atoms with Crippen molar-refractivity contribution in [1.29, 1.82) is 0 Å². The largest absolute Gasteiger partial charge is 0.416 e. The van der Waals surface area contributed by atoms with Gasteiger partial charge in [-0.1, -0.05) is 12.1 Å². The second-order valence-corrected chi connectivity index (χ2v) is 7.94. The van der Waals surface area contributed by atoms with Crippen molar-refractivity contribution in [1.82, 2.24) is 14.5 Å². The Hall–Kier alpha value is -3.09. The van der Waals surface area contributed by atoms with E-state index in [-0.39, 0.29) is 18.2 Å². The lowest BCUT2D eigenvalue weighted by atomic mass is 9.84. The fourth-order valence-electron chi connectivity index (χ4n) is 4.49. The molecule has 0 spiro atoms. The molecule has 0 radical (unpaired) electrons. The van der Waals surface area contributed by atoms with E-state index < -0.39 is 11.7 Å². The van der Waals surface area contributed by atoms with E-state index in [2.05, 4.69) is 9.88 Å². The summed E-state index contributed by atoms with van der Waals surface area (Å²) in [6, 6.07) is 9.10. The summed E-state index contributed by atoms with van der Waals surface area (Å²) in [6.45, 7) is 2.05. The molecule has 2 bridgehead atoms.